The number of aromatic amines is 1. The smallest absolute Gasteiger partial charge is 0.191 e. The Labute approximate surface area is 155 Å². The van der Waals surface area contributed by atoms with E-state index in [0.29, 0.717) is 18.5 Å². The number of likely N-dealkylation sites (tertiary alicyclic amines) is 1. The molecule has 0 aromatic carbocycles. The third kappa shape index (κ3) is 4.82. The van der Waals surface area contributed by atoms with Gasteiger partial charge in [-0.05, 0) is 32.6 Å². The van der Waals surface area contributed by atoms with Gasteiger partial charge in [-0.3, -0.25) is 10.00 Å². The van der Waals surface area contributed by atoms with E-state index in [9.17, 15) is 0 Å². The lowest BCUT2D eigenvalue weighted by Crippen LogP contribution is -2.46. The van der Waals surface area contributed by atoms with Crippen molar-refractivity contribution in [2.24, 2.45) is 10.9 Å². The van der Waals surface area contributed by atoms with E-state index >= 15 is 0 Å². The Balaban J connectivity index is 0.00000192. The molecule has 130 valence electrons. The van der Waals surface area contributed by atoms with E-state index in [-0.39, 0.29) is 24.0 Å². The lowest BCUT2D eigenvalue weighted by molar-refractivity contribution is 0.315. The van der Waals surface area contributed by atoms with Crippen LogP contribution in [-0.2, 0) is 6.54 Å². The molecule has 0 bridgehead atoms. The molecule has 1 saturated heterocycles. The molecule has 1 aliphatic carbocycles. The quantitative estimate of drug-likeness (QED) is 0.378. The summed E-state index contributed by atoms with van der Waals surface area (Å²) in [5.41, 5.74) is 2.24. The molecular weight excluding hydrogens is 403 g/mol. The number of aryl methyl sites for hydroxylation is 1. The summed E-state index contributed by atoms with van der Waals surface area (Å²) in [6, 6.07) is 1.34. The Kier molecular flexibility index (Phi) is 6.70. The second-order valence-electron chi connectivity index (χ2n) is 6.63. The number of hydrogen-bond acceptors (Lipinski definition) is 3. The summed E-state index contributed by atoms with van der Waals surface area (Å²) in [7, 11) is 0. The molecule has 0 amide bonds. The number of rotatable bonds is 5. The van der Waals surface area contributed by atoms with Crippen LogP contribution in [0.15, 0.2) is 11.2 Å². The van der Waals surface area contributed by atoms with Gasteiger partial charge in [-0.15, -0.1) is 24.0 Å². The highest BCUT2D eigenvalue weighted by Crippen LogP contribution is 2.31. The highest BCUT2D eigenvalue weighted by Gasteiger charge is 2.38. The Morgan fingerprint density at radius 2 is 2.22 bits per heavy atom. The van der Waals surface area contributed by atoms with Crippen LogP contribution < -0.4 is 10.6 Å². The van der Waals surface area contributed by atoms with Crippen LogP contribution >= 0.6 is 24.0 Å². The summed E-state index contributed by atoms with van der Waals surface area (Å²) < 4.78 is 0. The van der Waals surface area contributed by atoms with E-state index in [1.807, 2.05) is 13.1 Å². The largest absolute Gasteiger partial charge is 0.357 e. The van der Waals surface area contributed by atoms with Crippen LogP contribution in [0.4, 0.5) is 0 Å². The van der Waals surface area contributed by atoms with E-state index in [1.165, 1.54) is 19.4 Å². The Hall–Kier alpha value is -0.830. The van der Waals surface area contributed by atoms with Crippen LogP contribution in [0.1, 0.15) is 37.9 Å². The van der Waals surface area contributed by atoms with E-state index in [0.717, 1.165) is 36.3 Å². The molecule has 6 nitrogen and oxygen atoms in total. The van der Waals surface area contributed by atoms with Gasteiger partial charge in [-0.25, -0.2) is 4.99 Å². The number of aromatic nitrogens is 2. The molecule has 7 heteroatoms. The van der Waals surface area contributed by atoms with Gasteiger partial charge in [0.25, 0.3) is 0 Å². The molecule has 2 fully saturated rings. The zero-order valence-electron chi connectivity index (χ0n) is 14.3. The third-order valence-corrected chi connectivity index (χ3v) is 4.71. The predicted octanol–water partition coefficient (Wildman–Crippen LogP) is 1.87. The zero-order chi connectivity index (χ0) is 15.5. The second kappa shape index (κ2) is 8.32. The second-order valence-corrected chi connectivity index (χ2v) is 6.63. The fourth-order valence-corrected chi connectivity index (χ4v) is 3.12. The average Bonchev–Trinajstić information content (AvgIpc) is 3.17. The molecule has 1 saturated carbocycles. The van der Waals surface area contributed by atoms with Crippen LogP contribution in [0.2, 0.25) is 0 Å². The average molecular weight is 432 g/mol. The van der Waals surface area contributed by atoms with Gasteiger partial charge in [-0.2, -0.15) is 5.10 Å². The van der Waals surface area contributed by atoms with Gasteiger partial charge in [-0.1, -0.05) is 6.92 Å². The van der Waals surface area contributed by atoms with Crippen molar-refractivity contribution in [3.8, 4) is 0 Å². The van der Waals surface area contributed by atoms with Crippen molar-refractivity contribution in [3.05, 3.63) is 17.5 Å². The van der Waals surface area contributed by atoms with Gasteiger partial charge >= 0.3 is 0 Å². The number of guanidine groups is 1. The minimum atomic E-state index is 0. The van der Waals surface area contributed by atoms with E-state index in [1.54, 1.807) is 0 Å². The molecule has 0 spiro atoms. The van der Waals surface area contributed by atoms with Gasteiger partial charge in [0.1, 0.15) is 0 Å². The molecule has 2 atom stereocenters. The number of halogens is 1. The molecule has 1 aromatic rings. The van der Waals surface area contributed by atoms with E-state index in [4.69, 9.17) is 4.99 Å². The normalized spacial score (nSPS) is 25.3. The summed E-state index contributed by atoms with van der Waals surface area (Å²) in [4.78, 5) is 7.35. The zero-order valence-corrected chi connectivity index (χ0v) is 16.6. The van der Waals surface area contributed by atoms with Crippen LogP contribution in [-0.4, -0.2) is 52.8 Å². The highest BCUT2D eigenvalue weighted by atomic mass is 127. The number of nitrogens with one attached hydrogen (secondary N) is 3. The van der Waals surface area contributed by atoms with Crippen molar-refractivity contribution < 1.29 is 0 Å². The van der Waals surface area contributed by atoms with Crippen molar-refractivity contribution in [3.63, 3.8) is 0 Å². The highest BCUT2D eigenvalue weighted by molar-refractivity contribution is 14.0. The van der Waals surface area contributed by atoms with Crippen molar-refractivity contribution in [1.29, 1.82) is 0 Å². The summed E-state index contributed by atoms with van der Waals surface area (Å²) in [5.74, 6) is 1.58. The fraction of sp³-hybridized carbons (Fsp3) is 0.750. The Morgan fingerprint density at radius 3 is 2.83 bits per heavy atom. The summed E-state index contributed by atoms with van der Waals surface area (Å²) in [6.07, 6.45) is 4.62. The first-order valence-corrected chi connectivity index (χ1v) is 8.45. The SMILES string of the molecule is CCNC(=NCc1cn[nH]c1C)NC1CN(C2CC2)CC1C.I. The number of H-pyrrole nitrogens is 1. The number of hydrogen-bond donors (Lipinski definition) is 3. The van der Waals surface area contributed by atoms with Crippen LogP contribution in [0.5, 0.6) is 0 Å². The predicted molar refractivity (Wildman–Crippen MR) is 104 cm³/mol. The van der Waals surface area contributed by atoms with Crippen LogP contribution in [0.25, 0.3) is 0 Å². The number of nitrogens with zero attached hydrogens (tertiary/aromatic N) is 3. The molecule has 2 heterocycles. The van der Waals surface area contributed by atoms with Crippen molar-refractivity contribution in [2.45, 2.75) is 52.2 Å². The molecule has 2 aliphatic rings. The minimum Gasteiger partial charge on any atom is -0.357 e. The first-order chi connectivity index (χ1) is 10.7. The monoisotopic (exact) mass is 432 g/mol. The topological polar surface area (TPSA) is 68.3 Å². The molecule has 3 rings (SSSR count). The third-order valence-electron chi connectivity index (χ3n) is 4.71. The Bertz CT molecular complexity index is 524. The summed E-state index contributed by atoms with van der Waals surface area (Å²) in [6.45, 7) is 10.4. The van der Waals surface area contributed by atoms with Crippen LogP contribution in [0, 0.1) is 12.8 Å². The van der Waals surface area contributed by atoms with Crippen molar-refractivity contribution in [2.75, 3.05) is 19.6 Å². The molecule has 3 N–H and O–H groups in total. The van der Waals surface area contributed by atoms with Crippen molar-refractivity contribution in [1.82, 2.24) is 25.7 Å². The first-order valence-electron chi connectivity index (χ1n) is 8.45. The molecule has 1 aliphatic heterocycles. The summed E-state index contributed by atoms with van der Waals surface area (Å²) in [5, 5.41) is 14.0. The maximum absolute atomic E-state index is 4.72. The standard InChI is InChI=1S/C16H28N6.HI/c1-4-17-16(18-7-13-8-19-21-12(13)3)20-15-10-22(9-11(15)2)14-5-6-14;/h8,11,14-15H,4-7,9-10H2,1-3H3,(H,19,21)(H2,17,18,20);1H. The maximum Gasteiger partial charge on any atom is 0.191 e. The van der Waals surface area contributed by atoms with Gasteiger partial charge < -0.3 is 10.6 Å². The molecule has 1 aromatic heterocycles. The lowest BCUT2D eigenvalue weighted by Gasteiger charge is -2.20. The molecule has 23 heavy (non-hydrogen) atoms. The minimum absolute atomic E-state index is 0. The van der Waals surface area contributed by atoms with Gasteiger partial charge in [0.05, 0.1) is 12.7 Å². The molecule has 0 radical (unpaired) electrons. The van der Waals surface area contributed by atoms with E-state index in [2.05, 4.69) is 39.6 Å². The van der Waals surface area contributed by atoms with Gasteiger partial charge in [0, 0.05) is 43.0 Å². The Morgan fingerprint density at radius 1 is 1.43 bits per heavy atom. The van der Waals surface area contributed by atoms with Gasteiger partial charge in [0.2, 0.25) is 0 Å². The summed E-state index contributed by atoms with van der Waals surface area (Å²) >= 11 is 0. The molecular formula is C16H29IN6. The number of aliphatic imine (C=N–C) groups is 1. The van der Waals surface area contributed by atoms with Gasteiger partial charge in [0.15, 0.2) is 5.96 Å². The lowest BCUT2D eigenvalue weighted by atomic mass is 10.1. The maximum atomic E-state index is 4.72. The fourth-order valence-electron chi connectivity index (χ4n) is 3.12. The first kappa shape index (κ1) is 18.5. The molecule has 2 unspecified atom stereocenters. The van der Waals surface area contributed by atoms with Crippen molar-refractivity contribution >= 4 is 29.9 Å². The van der Waals surface area contributed by atoms with Crippen LogP contribution in [0.3, 0.4) is 0 Å². The van der Waals surface area contributed by atoms with E-state index < -0.39 is 0 Å².